The van der Waals surface area contributed by atoms with E-state index < -0.39 is 57.7 Å². The zero-order valence-electron chi connectivity index (χ0n) is 13.2. The summed E-state index contributed by atoms with van der Waals surface area (Å²) in [6.07, 6.45) is -3.92. The van der Waals surface area contributed by atoms with Gasteiger partial charge in [-0.1, -0.05) is 16.9 Å². The molecule has 5 N–H and O–H groups in total. The number of aliphatic hydroxyl groups is 4. The second-order valence-corrected chi connectivity index (χ2v) is 8.91. The first-order valence-electron chi connectivity index (χ1n) is 7.05. The molecule has 0 aromatic rings. The van der Waals surface area contributed by atoms with Gasteiger partial charge in [0.1, 0.15) is 34.9 Å². The zero-order valence-corrected chi connectivity index (χ0v) is 15.6. The predicted molar refractivity (Wildman–Crippen MR) is 89.6 cm³/mol. The molecule has 0 amide bonds. The van der Waals surface area contributed by atoms with Gasteiger partial charge in [0.2, 0.25) is 0 Å². The molecule has 148 valence electrons. The van der Waals surface area contributed by atoms with Gasteiger partial charge in [-0.15, -0.1) is 0 Å². The van der Waals surface area contributed by atoms with Gasteiger partial charge < -0.3 is 25.2 Å². The second kappa shape index (κ2) is 10.1. The summed E-state index contributed by atoms with van der Waals surface area (Å²) in [5.41, 5.74) is -1.19. The van der Waals surface area contributed by atoms with E-state index in [9.17, 15) is 27.9 Å². The Morgan fingerprint density at radius 3 is 2.44 bits per heavy atom. The third-order valence-corrected chi connectivity index (χ3v) is 5.46. The number of rotatable bonds is 8. The lowest BCUT2D eigenvalue weighted by Crippen LogP contribution is -2.57. The van der Waals surface area contributed by atoms with Gasteiger partial charge in [0.05, 0.1) is 6.61 Å². The standard InChI is InChI=1S/C11H21NO10S3/c1-24(17)4-2-3-7(12-22-25(18,19)20)23-11-10(16)9(15)8(14)6(5-13)21-11/h6,8-11,13-16H,2-5H2,1H3,(H,18,19,20)/b12-7+/t6-,8-,9+,10-,11+,24?/m1/s1. The Kier molecular flexibility index (Phi) is 9.20. The molecular formula is C11H21NO10S3. The van der Waals surface area contributed by atoms with Crippen molar-refractivity contribution in [1.29, 1.82) is 0 Å². The van der Waals surface area contributed by atoms with Gasteiger partial charge in [0.25, 0.3) is 0 Å². The normalized spacial score (nSPS) is 32.4. The lowest BCUT2D eigenvalue weighted by molar-refractivity contribution is -0.205. The summed E-state index contributed by atoms with van der Waals surface area (Å²) in [6.45, 7) is -0.620. The van der Waals surface area contributed by atoms with E-state index >= 15 is 0 Å². The summed E-state index contributed by atoms with van der Waals surface area (Å²) in [4.78, 5) is 0. The topological polar surface area (TPSA) is 183 Å². The number of thioether (sulfide) groups is 1. The molecular weight excluding hydrogens is 402 g/mol. The largest absolute Gasteiger partial charge is 0.466 e. The fraction of sp³-hybridized carbons (Fsp3) is 0.909. The quantitative estimate of drug-likeness (QED) is 0.124. The van der Waals surface area contributed by atoms with Crippen molar-refractivity contribution in [3.8, 4) is 0 Å². The molecule has 0 radical (unpaired) electrons. The molecule has 1 rings (SSSR count). The number of aliphatic hydroxyl groups excluding tert-OH is 4. The van der Waals surface area contributed by atoms with Crippen LogP contribution in [0.1, 0.15) is 12.8 Å². The maximum atomic E-state index is 11.1. The molecule has 1 heterocycles. The minimum Gasteiger partial charge on any atom is -0.394 e. The summed E-state index contributed by atoms with van der Waals surface area (Å²) in [5.74, 6) is 0.292. The van der Waals surface area contributed by atoms with Crippen molar-refractivity contribution in [2.24, 2.45) is 5.16 Å². The molecule has 1 aliphatic heterocycles. The van der Waals surface area contributed by atoms with Crippen LogP contribution >= 0.6 is 11.8 Å². The van der Waals surface area contributed by atoms with Crippen LogP contribution < -0.4 is 0 Å². The van der Waals surface area contributed by atoms with Gasteiger partial charge in [-0.05, 0) is 6.42 Å². The van der Waals surface area contributed by atoms with E-state index in [-0.39, 0.29) is 11.5 Å². The molecule has 0 aromatic carbocycles. The molecule has 0 aliphatic carbocycles. The molecule has 0 saturated carbocycles. The van der Waals surface area contributed by atoms with Crippen LogP contribution in [0.25, 0.3) is 0 Å². The zero-order chi connectivity index (χ0) is 19.2. The molecule has 1 aliphatic rings. The van der Waals surface area contributed by atoms with Crippen LogP contribution in [0.4, 0.5) is 0 Å². The summed E-state index contributed by atoms with van der Waals surface area (Å²) in [6, 6.07) is 0. The Balaban J connectivity index is 2.85. The maximum Gasteiger partial charge on any atom is 0.466 e. The molecule has 0 bridgehead atoms. The molecule has 1 saturated heterocycles. The monoisotopic (exact) mass is 423 g/mol. The molecule has 11 nitrogen and oxygen atoms in total. The highest BCUT2D eigenvalue weighted by Crippen LogP contribution is 2.30. The molecule has 1 unspecified atom stereocenters. The third kappa shape index (κ3) is 7.84. The lowest BCUT2D eigenvalue weighted by Gasteiger charge is -2.39. The fourth-order valence-electron chi connectivity index (χ4n) is 1.94. The number of ether oxygens (including phenoxy) is 1. The minimum atomic E-state index is -4.84. The fourth-order valence-corrected chi connectivity index (χ4v) is 3.83. The van der Waals surface area contributed by atoms with Gasteiger partial charge in [0, 0.05) is 29.2 Å². The number of hydrogen-bond acceptors (Lipinski definition) is 11. The number of nitrogens with zero attached hydrogens (tertiary/aromatic N) is 1. The first-order chi connectivity index (χ1) is 11.5. The highest BCUT2D eigenvalue weighted by atomic mass is 32.3. The Hall–Kier alpha value is -0.320. The van der Waals surface area contributed by atoms with Crippen molar-refractivity contribution in [2.45, 2.75) is 42.7 Å². The molecule has 1 fully saturated rings. The van der Waals surface area contributed by atoms with Crippen LogP contribution in [-0.4, -0.2) is 91.1 Å². The highest BCUT2D eigenvalue weighted by Gasteiger charge is 2.44. The summed E-state index contributed by atoms with van der Waals surface area (Å²) >= 11 is 0.687. The van der Waals surface area contributed by atoms with Crippen molar-refractivity contribution >= 4 is 38.0 Å². The van der Waals surface area contributed by atoms with Gasteiger partial charge in [-0.2, -0.15) is 8.42 Å². The van der Waals surface area contributed by atoms with E-state index in [4.69, 9.17) is 14.4 Å². The average molecular weight is 423 g/mol. The van der Waals surface area contributed by atoms with E-state index in [1.807, 2.05) is 0 Å². The van der Waals surface area contributed by atoms with E-state index in [1.165, 1.54) is 6.26 Å². The van der Waals surface area contributed by atoms with Crippen molar-refractivity contribution in [1.82, 2.24) is 0 Å². The van der Waals surface area contributed by atoms with E-state index in [0.29, 0.717) is 23.9 Å². The molecule has 6 atom stereocenters. The van der Waals surface area contributed by atoms with Crippen molar-refractivity contribution in [2.75, 3.05) is 18.6 Å². The van der Waals surface area contributed by atoms with E-state index in [2.05, 4.69) is 9.44 Å². The van der Waals surface area contributed by atoms with Crippen LogP contribution in [0.5, 0.6) is 0 Å². The molecule has 25 heavy (non-hydrogen) atoms. The Morgan fingerprint density at radius 1 is 1.28 bits per heavy atom. The van der Waals surface area contributed by atoms with Crippen molar-refractivity contribution in [3.63, 3.8) is 0 Å². The van der Waals surface area contributed by atoms with Gasteiger partial charge >= 0.3 is 10.4 Å². The highest BCUT2D eigenvalue weighted by molar-refractivity contribution is 8.14. The SMILES string of the molecule is CS(=O)CCC/C(=N\OS(=O)(=O)O)S[C@@H]1O[C@H](CO)[C@@H](O)[C@H](O)[C@H]1O. The summed E-state index contributed by atoms with van der Waals surface area (Å²) in [7, 11) is -5.94. The smallest absolute Gasteiger partial charge is 0.394 e. The Morgan fingerprint density at radius 2 is 1.92 bits per heavy atom. The first-order valence-corrected chi connectivity index (χ1v) is 11.0. The average Bonchev–Trinajstić information content (AvgIpc) is 2.51. The Bertz CT molecular complexity index is 581. The van der Waals surface area contributed by atoms with Crippen LogP contribution in [0.3, 0.4) is 0 Å². The number of hydrogen-bond donors (Lipinski definition) is 5. The van der Waals surface area contributed by atoms with E-state index in [0.717, 1.165) is 0 Å². The van der Waals surface area contributed by atoms with Crippen LogP contribution in [0.15, 0.2) is 5.16 Å². The minimum absolute atomic E-state index is 0.0209. The van der Waals surface area contributed by atoms with Crippen molar-refractivity contribution in [3.05, 3.63) is 0 Å². The maximum absolute atomic E-state index is 11.1. The lowest BCUT2D eigenvalue weighted by atomic mass is 10.0. The molecule has 14 heteroatoms. The van der Waals surface area contributed by atoms with E-state index in [1.54, 1.807) is 0 Å². The van der Waals surface area contributed by atoms with Crippen molar-refractivity contribution < 1.29 is 46.6 Å². The second-order valence-electron chi connectivity index (χ2n) is 5.18. The third-order valence-electron chi connectivity index (χ3n) is 3.16. The first kappa shape index (κ1) is 22.7. The molecule has 0 spiro atoms. The number of oxime groups is 1. The van der Waals surface area contributed by atoms with Gasteiger partial charge in [-0.25, -0.2) is 4.28 Å². The Labute approximate surface area is 151 Å². The predicted octanol–water partition coefficient (Wildman–Crippen LogP) is -2.19. The summed E-state index contributed by atoms with van der Waals surface area (Å²) < 4.78 is 50.2. The van der Waals surface area contributed by atoms with Gasteiger partial charge in [0.15, 0.2) is 0 Å². The van der Waals surface area contributed by atoms with Crippen LogP contribution in [0, 0.1) is 0 Å². The van der Waals surface area contributed by atoms with Gasteiger partial charge in [-0.3, -0.25) is 8.76 Å². The summed E-state index contributed by atoms with van der Waals surface area (Å²) in [5, 5.41) is 41.8. The van der Waals surface area contributed by atoms with Crippen LogP contribution in [0.2, 0.25) is 0 Å². The molecule has 0 aromatic heterocycles. The van der Waals surface area contributed by atoms with Crippen LogP contribution in [-0.2, 0) is 30.2 Å².